The zero-order valence-corrected chi connectivity index (χ0v) is 16.8. The van der Waals surface area contributed by atoms with Gasteiger partial charge in [0.1, 0.15) is 11.5 Å². The van der Waals surface area contributed by atoms with Crippen LogP contribution in [-0.4, -0.2) is 29.9 Å². The van der Waals surface area contributed by atoms with E-state index in [-0.39, 0.29) is 23.8 Å². The largest absolute Gasteiger partial charge is 0.497 e. The van der Waals surface area contributed by atoms with Crippen molar-refractivity contribution in [1.82, 2.24) is 15.1 Å². The van der Waals surface area contributed by atoms with Crippen LogP contribution >= 0.6 is 0 Å². The lowest BCUT2D eigenvalue weighted by Crippen LogP contribution is -2.30. The fourth-order valence-corrected chi connectivity index (χ4v) is 3.69. The van der Waals surface area contributed by atoms with Crippen molar-refractivity contribution in [2.45, 2.75) is 18.4 Å². The summed E-state index contributed by atoms with van der Waals surface area (Å²) in [4.78, 5) is 13.0. The summed E-state index contributed by atoms with van der Waals surface area (Å²) >= 11 is 0. The van der Waals surface area contributed by atoms with Gasteiger partial charge in [-0.2, -0.15) is 5.10 Å². The number of carbonyl (C=O) groups excluding carboxylic acids is 1. The Morgan fingerprint density at radius 3 is 2.03 bits per heavy atom. The van der Waals surface area contributed by atoms with Crippen molar-refractivity contribution in [2.75, 3.05) is 14.2 Å². The van der Waals surface area contributed by atoms with Gasteiger partial charge in [0, 0.05) is 19.2 Å². The van der Waals surface area contributed by atoms with Crippen LogP contribution in [0.2, 0.25) is 0 Å². The molecule has 1 aromatic heterocycles. The van der Waals surface area contributed by atoms with E-state index in [2.05, 4.69) is 10.4 Å². The quantitative estimate of drug-likeness (QED) is 0.670. The minimum atomic E-state index is -0.241. The summed E-state index contributed by atoms with van der Waals surface area (Å²) < 4.78 is 12.3. The van der Waals surface area contributed by atoms with Crippen LogP contribution in [0.1, 0.15) is 35.1 Å². The maximum atomic E-state index is 13.0. The Hall–Kier alpha value is -3.28. The Bertz CT molecular complexity index is 932. The number of nitrogens with zero attached hydrogens (tertiary/aromatic N) is 2. The first-order valence-corrected chi connectivity index (χ1v) is 9.66. The van der Waals surface area contributed by atoms with Gasteiger partial charge in [-0.3, -0.25) is 9.48 Å². The maximum absolute atomic E-state index is 13.0. The number of rotatable bonds is 7. The second kappa shape index (κ2) is 7.99. The summed E-state index contributed by atoms with van der Waals surface area (Å²) in [5, 5.41) is 7.47. The summed E-state index contributed by atoms with van der Waals surface area (Å²) in [5.74, 6) is 1.87. The molecule has 1 aliphatic carbocycles. The van der Waals surface area contributed by atoms with Gasteiger partial charge in [-0.1, -0.05) is 24.3 Å². The van der Waals surface area contributed by atoms with Crippen molar-refractivity contribution in [3.8, 4) is 11.5 Å². The van der Waals surface area contributed by atoms with E-state index in [4.69, 9.17) is 9.47 Å². The van der Waals surface area contributed by atoms with Crippen molar-refractivity contribution in [1.29, 1.82) is 0 Å². The molecule has 0 saturated heterocycles. The van der Waals surface area contributed by atoms with Crippen molar-refractivity contribution in [3.05, 3.63) is 77.6 Å². The Balaban J connectivity index is 1.55. The van der Waals surface area contributed by atoms with E-state index in [1.54, 1.807) is 18.9 Å². The molecule has 1 saturated carbocycles. The van der Waals surface area contributed by atoms with Crippen LogP contribution in [0.25, 0.3) is 0 Å². The molecular weight excluding hydrogens is 366 g/mol. The molecule has 0 radical (unpaired) electrons. The van der Waals surface area contributed by atoms with Gasteiger partial charge in [0.05, 0.1) is 26.5 Å². The zero-order chi connectivity index (χ0) is 20.4. The lowest BCUT2D eigenvalue weighted by molar-refractivity contribution is -0.122. The van der Waals surface area contributed by atoms with Crippen LogP contribution in [0.5, 0.6) is 11.5 Å². The van der Waals surface area contributed by atoms with E-state index < -0.39 is 0 Å². The molecule has 1 aliphatic rings. The van der Waals surface area contributed by atoms with Gasteiger partial charge in [-0.25, -0.2) is 0 Å². The molecule has 0 spiro atoms. The fraction of sp³-hybridized carbons (Fsp3) is 0.304. The summed E-state index contributed by atoms with van der Waals surface area (Å²) in [6, 6.07) is 15.3. The summed E-state index contributed by atoms with van der Waals surface area (Å²) in [5.41, 5.74) is 3.13. The van der Waals surface area contributed by atoms with Gasteiger partial charge in [-0.15, -0.1) is 0 Å². The van der Waals surface area contributed by atoms with Gasteiger partial charge in [0.15, 0.2) is 0 Å². The second-order valence-corrected chi connectivity index (χ2v) is 7.38. The van der Waals surface area contributed by atoms with Gasteiger partial charge in [0.2, 0.25) is 5.91 Å². The lowest BCUT2D eigenvalue weighted by Gasteiger charge is -2.20. The second-order valence-electron chi connectivity index (χ2n) is 7.38. The number of carbonyl (C=O) groups is 1. The van der Waals surface area contributed by atoms with Gasteiger partial charge < -0.3 is 14.8 Å². The van der Waals surface area contributed by atoms with Gasteiger partial charge in [-0.05, 0) is 53.3 Å². The van der Waals surface area contributed by atoms with Crippen molar-refractivity contribution < 1.29 is 14.3 Å². The van der Waals surface area contributed by atoms with Crippen LogP contribution in [0.3, 0.4) is 0 Å². The molecule has 0 bridgehead atoms. The van der Waals surface area contributed by atoms with E-state index in [1.165, 1.54) is 0 Å². The third-order valence-corrected chi connectivity index (χ3v) is 5.47. The van der Waals surface area contributed by atoms with E-state index in [0.29, 0.717) is 0 Å². The zero-order valence-electron chi connectivity index (χ0n) is 16.8. The first kappa shape index (κ1) is 19.1. The highest BCUT2D eigenvalue weighted by molar-refractivity contribution is 5.83. The van der Waals surface area contributed by atoms with Crippen LogP contribution in [-0.2, 0) is 11.8 Å². The number of hydrogen-bond acceptors (Lipinski definition) is 4. The molecule has 1 N–H and O–H groups in total. The molecule has 1 heterocycles. The van der Waals surface area contributed by atoms with Gasteiger partial charge >= 0.3 is 0 Å². The standard InChI is InChI=1S/C23H25N3O3/c1-26-14-17(13-24-26)20-12-21(20)23(27)25-22(15-4-8-18(28-2)9-5-15)16-6-10-19(29-3)11-7-16/h4-11,13-14,20-22H,12H2,1-3H3,(H,25,27)/t20-,21+/m0/s1. The lowest BCUT2D eigenvalue weighted by atomic mass is 9.98. The molecule has 29 heavy (non-hydrogen) atoms. The maximum Gasteiger partial charge on any atom is 0.224 e. The SMILES string of the molecule is COc1ccc(C(NC(=O)[C@@H]2C[C@H]2c2cnn(C)c2)c2ccc(OC)cc2)cc1. The number of hydrogen-bond donors (Lipinski definition) is 1. The van der Waals surface area contributed by atoms with Crippen LogP contribution in [0, 0.1) is 5.92 Å². The fourth-order valence-electron chi connectivity index (χ4n) is 3.69. The Labute approximate surface area is 170 Å². The van der Waals surface area contributed by atoms with Crippen molar-refractivity contribution in [3.63, 3.8) is 0 Å². The van der Waals surface area contributed by atoms with Crippen molar-refractivity contribution >= 4 is 5.91 Å². The molecule has 150 valence electrons. The van der Waals surface area contributed by atoms with E-state index >= 15 is 0 Å². The summed E-state index contributed by atoms with van der Waals surface area (Å²) in [6.45, 7) is 0. The van der Waals surface area contributed by atoms with Crippen LogP contribution in [0.4, 0.5) is 0 Å². The Morgan fingerprint density at radius 2 is 1.59 bits per heavy atom. The predicted octanol–water partition coefficient (Wildman–Crippen LogP) is 3.45. The number of aryl methyl sites for hydroxylation is 1. The molecule has 6 nitrogen and oxygen atoms in total. The van der Waals surface area contributed by atoms with E-state index in [1.807, 2.05) is 68.0 Å². The molecular formula is C23H25N3O3. The van der Waals surface area contributed by atoms with Gasteiger partial charge in [0.25, 0.3) is 0 Å². The number of benzene rings is 2. The Morgan fingerprint density at radius 1 is 1.03 bits per heavy atom. The minimum Gasteiger partial charge on any atom is -0.497 e. The highest BCUT2D eigenvalue weighted by Gasteiger charge is 2.45. The number of nitrogens with one attached hydrogen (secondary N) is 1. The average Bonchev–Trinajstić information content (AvgIpc) is 3.45. The third-order valence-electron chi connectivity index (χ3n) is 5.47. The number of ether oxygens (including phenoxy) is 2. The molecule has 1 amide bonds. The molecule has 2 aromatic carbocycles. The minimum absolute atomic E-state index is 0.0156. The molecule has 2 atom stereocenters. The highest BCUT2D eigenvalue weighted by atomic mass is 16.5. The third kappa shape index (κ3) is 4.11. The molecule has 4 rings (SSSR count). The number of aromatic nitrogens is 2. The molecule has 3 aromatic rings. The topological polar surface area (TPSA) is 65.4 Å². The summed E-state index contributed by atoms with van der Waals surface area (Å²) in [7, 11) is 5.18. The normalized spacial score (nSPS) is 17.8. The Kier molecular flexibility index (Phi) is 5.25. The first-order valence-electron chi connectivity index (χ1n) is 9.66. The molecule has 6 heteroatoms. The van der Waals surface area contributed by atoms with E-state index in [0.717, 1.165) is 34.6 Å². The van der Waals surface area contributed by atoms with E-state index in [9.17, 15) is 4.79 Å². The first-order chi connectivity index (χ1) is 14.1. The molecule has 0 aliphatic heterocycles. The number of methoxy groups -OCH3 is 2. The summed E-state index contributed by atoms with van der Waals surface area (Å²) in [6.07, 6.45) is 4.69. The smallest absolute Gasteiger partial charge is 0.224 e. The number of amides is 1. The average molecular weight is 391 g/mol. The van der Waals surface area contributed by atoms with Crippen LogP contribution in [0.15, 0.2) is 60.9 Å². The molecule has 0 unspecified atom stereocenters. The van der Waals surface area contributed by atoms with Crippen molar-refractivity contribution in [2.24, 2.45) is 13.0 Å². The monoisotopic (exact) mass is 391 g/mol. The molecule has 1 fully saturated rings. The highest BCUT2D eigenvalue weighted by Crippen LogP contribution is 2.47. The predicted molar refractivity (Wildman–Crippen MR) is 110 cm³/mol. The van der Waals surface area contributed by atoms with Crippen LogP contribution < -0.4 is 14.8 Å².